The van der Waals surface area contributed by atoms with E-state index in [9.17, 15) is 0 Å². The van der Waals surface area contributed by atoms with Crippen molar-refractivity contribution < 1.29 is 0 Å². The summed E-state index contributed by atoms with van der Waals surface area (Å²) < 4.78 is 1.33. The van der Waals surface area contributed by atoms with Crippen LogP contribution in [0.25, 0.3) is 11.3 Å². The van der Waals surface area contributed by atoms with Crippen LogP contribution in [0, 0.1) is 0 Å². The van der Waals surface area contributed by atoms with Crippen LogP contribution in [0.4, 0.5) is 5.95 Å². The summed E-state index contributed by atoms with van der Waals surface area (Å²) in [5.41, 5.74) is 8.77. The Morgan fingerprint density at radius 2 is 1.94 bits per heavy atom. The molecule has 0 aliphatic rings. The molecular weight excluding hydrogens is 200 g/mol. The van der Waals surface area contributed by atoms with Gasteiger partial charge in [0.25, 0.3) is 0 Å². The van der Waals surface area contributed by atoms with Crippen molar-refractivity contribution in [2.45, 2.75) is 19.8 Å². The summed E-state index contributed by atoms with van der Waals surface area (Å²) in [7, 11) is 0. The van der Waals surface area contributed by atoms with Gasteiger partial charge in [0.05, 0.1) is 11.9 Å². The molecule has 0 bridgehead atoms. The van der Waals surface area contributed by atoms with E-state index < -0.39 is 0 Å². The number of hydrogen-bond acceptors (Lipinski definition) is 3. The van der Waals surface area contributed by atoms with Crippen LogP contribution in [0.1, 0.15) is 18.9 Å². The van der Waals surface area contributed by atoms with Crippen molar-refractivity contribution in [3.05, 3.63) is 36.0 Å². The van der Waals surface area contributed by atoms with Gasteiger partial charge in [-0.15, -0.1) is 0 Å². The van der Waals surface area contributed by atoms with Crippen molar-refractivity contribution in [2.75, 3.05) is 11.6 Å². The first-order valence-electron chi connectivity index (χ1n) is 5.40. The first kappa shape index (κ1) is 10.5. The number of aromatic nitrogens is 2. The third kappa shape index (κ3) is 2.00. The topological polar surface area (TPSA) is 69.9 Å². The van der Waals surface area contributed by atoms with Crippen LogP contribution in [-0.2, 0) is 6.42 Å². The number of benzene rings is 1. The zero-order valence-corrected chi connectivity index (χ0v) is 9.35. The molecule has 2 rings (SSSR count). The van der Waals surface area contributed by atoms with Crippen molar-refractivity contribution >= 4 is 5.95 Å². The van der Waals surface area contributed by atoms with Crippen molar-refractivity contribution in [1.29, 1.82) is 0 Å². The predicted octanol–water partition coefficient (Wildman–Crippen LogP) is 1.80. The van der Waals surface area contributed by atoms with Crippen molar-refractivity contribution in [2.24, 2.45) is 0 Å². The van der Waals surface area contributed by atoms with Gasteiger partial charge in [-0.3, -0.25) is 0 Å². The number of nitrogen functional groups attached to an aromatic ring is 2. The van der Waals surface area contributed by atoms with E-state index in [4.69, 9.17) is 11.6 Å². The van der Waals surface area contributed by atoms with Crippen LogP contribution in [-0.4, -0.2) is 9.66 Å². The monoisotopic (exact) mass is 216 g/mol. The normalized spacial score (nSPS) is 10.6. The third-order valence-corrected chi connectivity index (χ3v) is 2.55. The fourth-order valence-corrected chi connectivity index (χ4v) is 1.68. The van der Waals surface area contributed by atoms with Crippen molar-refractivity contribution in [3.63, 3.8) is 0 Å². The molecule has 1 aromatic carbocycles. The number of nitrogens with two attached hydrogens (primary N) is 2. The summed E-state index contributed by atoms with van der Waals surface area (Å²) >= 11 is 0. The zero-order chi connectivity index (χ0) is 11.5. The molecule has 0 aliphatic heterocycles. The maximum absolute atomic E-state index is 5.58. The van der Waals surface area contributed by atoms with E-state index in [-0.39, 0.29) is 0 Å². The molecule has 0 saturated carbocycles. The van der Waals surface area contributed by atoms with E-state index >= 15 is 0 Å². The second-order valence-corrected chi connectivity index (χ2v) is 3.84. The van der Waals surface area contributed by atoms with Crippen LogP contribution in [0.2, 0.25) is 0 Å². The number of imidazole rings is 1. The molecule has 1 aromatic heterocycles. The van der Waals surface area contributed by atoms with Gasteiger partial charge in [0, 0.05) is 5.56 Å². The highest BCUT2D eigenvalue weighted by atomic mass is 15.3. The third-order valence-electron chi connectivity index (χ3n) is 2.55. The lowest BCUT2D eigenvalue weighted by Crippen LogP contribution is -2.09. The van der Waals surface area contributed by atoms with Crippen LogP contribution in [0.3, 0.4) is 0 Å². The molecule has 4 N–H and O–H groups in total. The van der Waals surface area contributed by atoms with Gasteiger partial charge >= 0.3 is 0 Å². The highest BCUT2D eigenvalue weighted by Gasteiger charge is 2.04. The molecule has 4 nitrogen and oxygen atoms in total. The van der Waals surface area contributed by atoms with Gasteiger partial charge in [-0.05, 0) is 12.0 Å². The molecule has 0 fully saturated rings. The largest absolute Gasteiger partial charge is 0.368 e. The standard InChI is InChI=1S/C12H16N4/c1-2-3-9-4-6-10(7-5-9)11-8-16(14)12(13)15-11/h4-8H,2-3,14H2,1H3,(H2,13,15). The molecule has 0 spiro atoms. The zero-order valence-electron chi connectivity index (χ0n) is 9.35. The quantitative estimate of drug-likeness (QED) is 0.768. The lowest BCUT2D eigenvalue weighted by Gasteiger charge is -2.00. The van der Waals surface area contributed by atoms with Crippen LogP contribution in [0.15, 0.2) is 30.5 Å². The summed E-state index contributed by atoms with van der Waals surface area (Å²) in [6.45, 7) is 2.17. The molecular formula is C12H16N4. The lowest BCUT2D eigenvalue weighted by atomic mass is 10.1. The highest BCUT2D eigenvalue weighted by molar-refractivity contribution is 5.60. The average Bonchev–Trinajstić information content (AvgIpc) is 2.61. The van der Waals surface area contributed by atoms with Gasteiger partial charge in [-0.1, -0.05) is 37.6 Å². The molecule has 16 heavy (non-hydrogen) atoms. The van der Waals surface area contributed by atoms with Crippen molar-refractivity contribution in [1.82, 2.24) is 9.66 Å². The van der Waals surface area contributed by atoms with E-state index in [0.717, 1.165) is 24.1 Å². The second kappa shape index (κ2) is 4.26. The summed E-state index contributed by atoms with van der Waals surface area (Å²) in [5.74, 6) is 5.91. The minimum atomic E-state index is 0.327. The van der Waals surface area contributed by atoms with Crippen LogP contribution >= 0.6 is 0 Å². The smallest absolute Gasteiger partial charge is 0.219 e. The van der Waals surface area contributed by atoms with E-state index in [1.807, 2.05) is 12.1 Å². The Morgan fingerprint density at radius 1 is 1.25 bits per heavy atom. The fourth-order valence-electron chi connectivity index (χ4n) is 1.68. The Morgan fingerprint density at radius 3 is 2.44 bits per heavy atom. The Kier molecular flexibility index (Phi) is 2.81. The second-order valence-electron chi connectivity index (χ2n) is 3.84. The molecule has 84 valence electrons. The molecule has 0 radical (unpaired) electrons. The Hall–Kier alpha value is -1.97. The number of rotatable bonds is 3. The van der Waals surface area contributed by atoms with Gasteiger partial charge in [0.15, 0.2) is 0 Å². The minimum Gasteiger partial charge on any atom is -0.368 e. The predicted molar refractivity (Wildman–Crippen MR) is 66.2 cm³/mol. The Labute approximate surface area is 94.9 Å². The average molecular weight is 216 g/mol. The van der Waals surface area contributed by atoms with Crippen molar-refractivity contribution in [3.8, 4) is 11.3 Å². The molecule has 4 heteroatoms. The van der Waals surface area contributed by atoms with Gasteiger partial charge in [0.1, 0.15) is 0 Å². The van der Waals surface area contributed by atoms with E-state index in [0.29, 0.717) is 5.95 Å². The van der Waals surface area contributed by atoms with Crippen LogP contribution in [0.5, 0.6) is 0 Å². The maximum Gasteiger partial charge on any atom is 0.219 e. The van der Waals surface area contributed by atoms with Crippen LogP contribution < -0.4 is 11.6 Å². The van der Waals surface area contributed by atoms with Gasteiger partial charge in [-0.25, -0.2) is 9.66 Å². The van der Waals surface area contributed by atoms with E-state index in [1.54, 1.807) is 6.20 Å². The number of aryl methyl sites for hydroxylation is 1. The first-order chi connectivity index (χ1) is 7.70. The molecule has 0 atom stereocenters. The minimum absolute atomic E-state index is 0.327. The van der Waals surface area contributed by atoms with E-state index in [2.05, 4.69) is 24.0 Å². The summed E-state index contributed by atoms with van der Waals surface area (Å²) in [6.07, 6.45) is 3.99. The molecule has 0 unspecified atom stereocenters. The number of hydrogen-bond donors (Lipinski definition) is 2. The highest BCUT2D eigenvalue weighted by Crippen LogP contribution is 2.19. The molecule has 1 heterocycles. The number of anilines is 1. The van der Waals surface area contributed by atoms with Gasteiger partial charge in [0.2, 0.25) is 5.95 Å². The van der Waals surface area contributed by atoms with Gasteiger partial charge < -0.3 is 11.6 Å². The number of nitrogens with zero attached hydrogens (tertiary/aromatic N) is 2. The van der Waals surface area contributed by atoms with Gasteiger partial charge in [-0.2, -0.15) is 0 Å². The molecule has 2 aromatic rings. The summed E-state index contributed by atoms with van der Waals surface area (Å²) in [5, 5.41) is 0. The Balaban J connectivity index is 2.27. The molecule has 0 aliphatic carbocycles. The molecule has 0 saturated heterocycles. The molecule has 0 amide bonds. The lowest BCUT2D eigenvalue weighted by molar-refractivity contribution is 0.922. The fraction of sp³-hybridized carbons (Fsp3) is 0.250. The summed E-state index contributed by atoms with van der Waals surface area (Å²) in [6, 6.07) is 8.33. The van der Waals surface area contributed by atoms with E-state index in [1.165, 1.54) is 10.2 Å². The maximum atomic E-state index is 5.58. The summed E-state index contributed by atoms with van der Waals surface area (Å²) in [4.78, 5) is 4.17. The first-order valence-corrected chi connectivity index (χ1v) is 5.40. The Bertz CT molecular complexity index is 451. The SMILES string of the molecule is CCCc1ccc(-c2cn(N)c(N)n2)cc1.